The van der Waals surface area contributed by atoms with Crippen molar-refractivity contribution in [1.29, 1.82) is 0 Å². The van der Waals surface area contributed by atoms with Crippen molar-refractivity contribution >= 4 is 5.91 Å². The number of amides is 1. The molecule has 0 heterocycles. The summed E-state index contributed by atoms with van der Waals surface area (Å²) in [5.74, 6) is -12.2. The van der Waals surface area contributed by atoms with Gasteiger partial charge in [-0.1, -0.05) is 0 Å². The lowest BCUT2D eigenvalue weighted by Gasteiger charge is -2.09. The summed E-state index contributed by atoms with van der Waals surface area (Å²) in [5.41, 5.74) is -1.47. The number of benzene rings is 1. The minimum atomic E-state index is -2.29. The number of rotatable bonds is 5. The third-order valence-electron chi connectivity index (χ3n) is 2.33. The molecule has 0 atom stereocenters. The molecule has 0 aromatic heterocycles. The van der Waals surface area contributed by atoms with Crippen LogP contribution in [0.15, 0.2) is 0 Å². The molecule has 106 valence electrons. The van der Waals surface area contributed by atoms with Gasteiger partial charge >= 0.3 is 0 Å². The van der Waals surface area contributed by atoms with Crippen molar-refractivity contribution in [2.24, 2.45) is 0 Å². The van der Waals surface area contributed by atoms with Gasteiger partial charge in [-0.2, -0.15) is 0 Å². The van der Waals surface area contributed by atoms with Crippen molar-refractivity contribution in [3.8, 4) is 0 Å². The first-order valence-electron chi connectivity index (χ1n) is 5.36. The summed E-state index contributed by atoms with van der Waals surface area (Å²) in [5, 5.41) is 4.84. The van der Waals surface area contributed by atoms with Crippen LogP contribution < -0.4 is 10.6 Å². The van der Waals surface area contributed by atoms with Crippen LogP contribution in [0, 0.1) is 29.1 Å². The maximum absolute atomic E-state index is 13.2. The van der Waals surface area contributed by atoms with Crippen LogP contribution in [-0.2, 0) is 0 Å². The lowest BCUT2D eigenvalue weighted by Crippen LogP contribution is -2.29. The van der Waals surface area contributed by atoms with E-state index in [1.165, 1.54) is 0 Å². The first-order valence-corrected chi connectivity index (χ1v) is 5.36. The fourth-order valence-electron chi connectivity index (χ4n) is 1.36. The molecule has 0 fully saturated rings. The minimum Gasteiger partial charge on any atom is -0.352 e. The molecule has 1 amide bonds. The summed E-state index contributed by atoms with van der Waals surface area (Å²) in [6, 6.07) is 0. The SMILES string of the molecule is CNCCCNC(=O)c1c(F)c(F)c(F)c(F)c1F. The summed E-state index contributed by atoms with van der Waals surface area (Å²) < 4.78 is 64.9. The molecule has 1 rings (SSSR count). The number of carbonyl (C=O) groups is 1. The van der Waals surface area contributed by atoms with Crippen LogP contribution in [0.3, 0.4) is 0 Å². The van der Waals surface area contributed by atoms with Crippen molar-refractivity contribution < 1.29 is 26.7 Å². The number of nitrogens with one attached hydrogen (secondary N) is 2. The minimum absolute atomic E-state index is 0.0408. The summed E-state index contributed by atoms with van der Waals surface area (Å²) in [6.45, 7) is 0.566. The molecule has 0 spiro atoms. The Hall–Kier alpha value is -1.70. The van der Waals surface area contributed by atoms with E-state index in [4.69, 9.17) is 0 Å². The van der Waals surface area contributed by atoms with E-state index in [1.807, 2.05) is 0 Å². The van der Waals surface area contributed by atoms with Gasteiger partial charge in [-0.3, -0.25) is 4.79 Å². The molecule has 0 aliphatic rings. The molecule has 0 radical (unpaired) electrons. The molecule has 3 nitrogen and oxygen atoms in total. The Labute approximate surface area is 105 Å². The second kappa shape index (κ2) is 6.46. The first kappa shape index (κ1) is 15.4. The van der Waals surface area contributed by atoms with E-state index in [0.29, 0.717) is 13.0 Å². The summed E-state index contributed by atoms with van der Waals surface area (Å²) in [6.07, 6.45) is 0.442. The van der Waals surface area contributed by atoms with Crippen LogP contribution in [0.2, 0.25) is 0 Å². The van der Waals surface area contributed by atoms with E-state index in [-0.39, 0.29) is 6.54 Å². The van der Waals surface area contributed by atoms with Gasteiger partial charge in [-0.15, -0.1) is 0 Å². The van der Waals surface area contributed by atoms with Crippen molar-refractivity contribution in [2.45, 2.75) is 6.42 Å². The zero-order chi connectivity index (χ0) is 14.6. The second-order valence-corrected chi connectivity index (χ2v) is 3.66. The maximum atomic E-state index is 13.2. The van der Waals surface area contributed by atoms with Crippen molar-refractivity contribution in [1.82, 2.24) is 10.6 Å². The Morgan fingerprint density at radius 3 is 1.84 bits per heavy atom. The molecule has 0 aliphatic carbocycles. The van der Waals surface area contributed by atoms with Crippen LogP contribution in [0.1, 0.15) is 16.8 Å². The Balaban J connectivity index is 2.97. The summed E-state index contributed by atoms with van der Waals surface area (Å²) >= 11 is 0. The number of carbonyl (C=O) groups excluding carboxylic acids is 1. The molecule has 2 N–H and O–H groups in total. The van der Waals surface area contributed by atoms with Crippen molar-refractivity contribution in [2.75, 3.05) is 20.1 Å². The molecule has 0 saturated heterocycles. The van der Waals surface area contributed by atoms with Gasteiger partial charge in [0.2, 0.25) is 5.82 Å². The Morgan fingerprint density at radius 1 is 0.895 bits per heavy atom. The van der Waals surface area contributed by atoms with Gasteiger partial charge in [0.15, 0.2) is 23.3 Å². The number of hydrogen-bond donors (Lipinski definition) is 2. The number of hydrogen-bond acceptors (Lipinski definition) is 2. The Morgan fingerprint density at radius 2 is 1.37 bits per heavy atom. The highest BCUT2D eigenvalue weighted by Gasteiger charge is 2.29. The van der Waals surface area contributed by atoms with Gasteiger partial charge in [0.1, 0.15) is 5.56 Å². The monoisotopic (exact) mass is 282 g/mol. The molecule has 0 unspecified atom stereocenters. The quantitative estimate of drug-likeness (QED) is 0.374. The van der Waals surface area contributed by atoms with Crippen LogP contribution in [0.5, 0.6) is 0 Å². The van der Waals surface area contributed by atoms with E-state index in [2.05, 4.69) is 10.6 Å². The summed E-state index contributed by atoms with van der Waals surface area (Å²) in [4.78, 5) is 11.4. The van der Waals surface area contributed by atoms with Gasteiger partial charge in [-0.25, -0.2) is 22.0 Å². The van der Waals surface area contributed by atoms with Crippen LogP contribution in [0.25, 0.3) is 0 Å². The summed E-state index contributed by atoms with van der Waals surface area (Å²) in [7, 11) is 1.66. The molecular weight excluding hydrogens is 271 g/mol. The Bertz CT molecular complexity index is 463. The average molecular weight is 282 g/mol. The maximum Gasteiger partial charge on any atom is 0.257 e. The fourth-order valence-corrected chi connectivity index (χ4v) is 1.36. The highest BCUT2D eigenvalue weighted by Crippen LogP contribution is 2.22. The van der Waals surface area contributed by atoms with Gasteiger partial charge in [0.05, 0.1) is 0 Å². The zero-order valence-corrected chi connectivity index (χ0v) is 9.92. The van der Waals surface area contributed by atoms with E-state index in [0.717, 1.165) is 0 Å². The highest BCUT2D eigenvalue weighted by molar-refractivity contribution is 5.94. The lowest BCUT2D eigenvalue weighted by molar-refractivity contribution is 0.0941. The average Bonchev–Trinajstić information content (AvgIpc) is 2.39. The highest BCUT2D eigenvalue weighted by atomic mass is 19.2. The largest absolute Gasteiger partial charge is 0.352 e. The van der Waals surface area contributed by atoms with Crippen LogP contribution in [0.4, 0.5) is 22.0 Å². The zero-order valence-electron chi connectivity index (χ0n) is 9.92. The fraction of sp³-hybridized carbons (Fsp3) is 0.364. The molecule has 0 saturated carbocycles. The van der Waals surface area contributed by atoms with Gasteiger partial charge in [-0.05, 0) is 20.0 Å². The first-order chi connectivity index (χ1) is 8.91. The van der Waals surface area contributed by atoms with Gasteiger partial charge < -0.3 is 10.6 Å². The van der Waals surface area contributed by atoms with Gasteiger partial charge in [0.25, 0.3) is 5.91 Å². The Kier molecular flexibility index (Phi) is 5.22. The van der Waals surface area contributed by atoms with Crippen molar-refractivity contribution in [3.63, 3.8) is 0 Å². The third-order valence-corrected chi connectivity index (χ3v) is 2.33. The van der Waals surface area contributed by atoms with Crippen LogP contribution in [-0.4, -0.2) is 26.0 Å². The standard InChI is InChI=1S/C11H11F5N2O/c1-17-3-2-4-18-11(19)5-6(12)8(14)10(16)9(15)7(5)13/h17H,2-4H2,1H3,(H,18,19). The molecule has 1 aromatic rings. The molecule has 8 heteroatoms. The van der Waals surface area contributed by atoms with Gasteiger partial charge in [0, 0.05) is 6.54 Å². The topological polar surface area (TPSA) is 41.1 Å². The lowest BCUT2D eigenvalue weighted by atomic mass is 10.1. The van der Waals surface area contributed by atoms with E-state index in [9.17, 15) is 26.7 Å². The molecule has 0 aliphatic heterocycles. The normalized spacial score (nSPS) is 10.6. The smallest absolute Gasteiger partial charge is 0.257 e. The molecular formula is C11H11F5N2O. The van der Waals surface area contributed by atoms with E-state index in [1.54, 1.807) is 7.05 Å². The molecule has 1 aromatic carbocycles. The number of halogens is 5. The predicted octanol–water partition coefficient (Wildman–Crippen LogP) is 1.72. The predicted molar refractivity (Wildman–Crippen MR) is 57.1 cm³/mol. The van der Waals surface area contributed by atoms with E-state index < -0.39 is 40.6 Å². The molecule has 0 bridgehead atoms. The van der Waals surface area contributed by atoms with Crippen LogP contribution >= 0.6 is 0 Å². The van der Waals surface area contributed by atoms with E-state index >= 15 is 0 Å². The second-order valence-electron chi connectivity index (χ2n) is 3.66. The molecule has 19 heavy (non-hydrogen) atoms. The van der Waals surface area contributed by atoms with Crippen molar-refractivity contribution in [3.05, 3.63) is 34.6 Å². The third kappa shape index (κ3) is 3.19.